The third-order valence-corrected chi connectivity index (χ3v) is 3.71. The highest BCUT2D eigenvalue weighted by atomic mass is 19.2. The third-order valence-electron chi connectivity index (χ3n) is 3.71. The number of nitrogens with one attached hydrogen (secondary N) is 1. The Morgan fingerprint density at radius 3 is 2.35 bits per heavy atom. The van der Waals surface area contributed by atoms with Crippen LogP contribution < -0.4 is 5.32 Å². The van der Waals surface area contributed by atoms with E-state index in [1.54, 1.807) is 0 Å². The van der Waals surface area contributed by atoms with E-state index in [-0.39, 0.29) is 5.56 Å². The Morgan fingerprint density at radius 2 is 1.80 bits per heavy atom. The van der Waals surface area contributed by atoms with E-state index in [1.807, 2.05) is 0 Å². The molecule has 3 nitrogen and oxygen atoms in total. The van der Waals surface area contributed by atoms with E-state index in [0.717, 1.165) is 37.8 Å². The van der Waals surface area contributed by atoms with Crippen molar-refractivity contribution in [1.29, 1.82) is 5.26 Å². The van der Waals surface area contributed by atoms with Crippen molar-refractivity contribution in [3.8, 4) is 6.07 Å². The Hall–Kier alpha value is -1.96. The molecular weight excluding hydrogens is 262 g/mol. The first-order valence-electron chi connectivity index (χ1n) is 6.75. The number of carbonyl (C=O) groups excluding carboxylic acids is 1. The summed E-state index contributed by atoms with van der Waals surface area (Å²) in [7, 11) is 0. The first-order chi connectivity index (χ1) is 9.56. The minimum Gasteiger partial charge on any atom is -0.334 e. The molecule has 0 saturated heterocycles. The predicted octanol–water partition coefficient (Wildman–Crippen LogP) is 3.31. The Bertz CT molecular complexity index is 543. The highest BCUT2D eigenvalue weighted by molar-refractivity contribution is 5.94. The molecule has 2 rings (SSSR count). The van der Waals surface area contributed by atoms with Crippen LogP contribution in [-0.4, -0.2) is 11.4 Å². The summed E-state index contributed by atoms with van der Waals surface area (Å²) in [6.45, 7) is 0. The number of benzene rings is 1. The SMILES string of the molecule is N#CC1(NC(=O)c2ccc(F)c(F)c2)CCCCCC1. The quantitative estimate of drug-likeness (QED) is 0.844. The summed E-state index contributed by atoms with van der Waals surface area (Å²) >= 11 is 0. The summed E-state index contributed by atoms with van der Waals surface area (Å²) in [6.07, 6.45) is 5.05. The Morgan fingerprint density at radius 1 is 1.15 bits per heavy atom. The molecule has 1 fully saturated rings. The van der Waals surface area contributed by atoms with E-state index in [0.29, 0.717) is 12.8 Å². The zero-order chi connectivity index (χ0) is 14.6. The first-order valence-corrected chi connectivity index (χ1v) is 6.75. The smallest absolute Gasteiger partial charge is 0.252 e. The van der Waals surface area contributed by atoms with E-state index in [4.69, 9.17) is 0 Å². The molecule has 20 heavy (non-hydrogen) atoms. The topological polar surface area (TPSA) is 52.9 Å². The van der Waals surface area contributed by atoms with E-state index < -0.39 is 23.1 Å². The minimum atomic E-state index is -1.07. The van der Waals surface area contributed by atoms with Gasteiger partial charge in [-0.05, 0) is 31.0 Å². The highest BCUT2D eigenvalue weighted by Gasteiger charge is 2.32. The molecule has 1 aromatic carbocycles. The largest absolute Gasteiger partial charge is 0.334 e. The summed E-state index contributed by atoms with van der Waals surface area (Å²) in [6, 6.07) is 5.17. The fourth-order valence-corrected chi connectivity index (χ4v) is 2.52. The summed E-state index contributed by atoms with van der Waals surface area (Å²) in [4.78, 5) is 12.1. The Labute approximate surface area is 116 Å². The molecule has 0 heterocycles. The van der Waals surface area contributed by atoms with Gasteiger partial charge in [0, 0.05) is 5.56 Å². The summed E-state index contributed by atoms with van der Waals surface area (Å²) < 4.78 is 26.0. The van der Waals surface area contributed by atoms with Gasteiger partial charge in [-0.2, -0.15) is 5.26 Å². The molecule has 1 saturated carbocycles. The van der Waals surface area contributed by atoms with Crippen molar-refractivity contribution in [2.45, 2.75) is 44.1 Å². The zero-order valence-corrected chi connectivity index (χ0v) is 11.1. The van der Waals surface area contributed by atoms with Crippen LogP contribution in [0.5, 0.6) is 0 Å². The van der Waals surface area contributed by atoms with Gasteiger partial charge in [0.05, 0.1) is 6.07 Å². The molecule has 0 atom stereocenters. The summed E-state index contributed by atoms with van der Waals surface area (Å²) in [5.74, 6) is -2.59. The van der Waals surface area contributed by atoms with Gasteiger partial charge in [0.15, 0.2) is 11.6 Å². The molecule has 106 valence electrons. The molecule has 1 aromatic rings. The van der Waals surface area contributed by atoms with Gasteiger partial charge in [0.25, 0.3) is 5.91 Å². The second-order valence-electron chi connectivity index (χ2n) is 5.19. The molecule has 0 aromatic heterocycles. The predicted molar refractivity (Wildman–Crippen MR) is 69.9 cm³/mol. The van der Waals surface area contributed by atoms with Crippen molar-refractivity contribution in [2.75, 3.05) is 0 Å². The molecular formula is C15H16F2N2O. The number of hydrogen-bond acceptors (Lipinski definition) is 2. The first kappa shape index (κ1) is 14.4. The fraction of sp³-hybridized carbons (Fsp3) is 0.467. The Kier molecular flexibility index (Phi) is 4.33. The lowest BCUT2D eigenvalue weighted by atomic mass is 9.91. The van der Waals surface area contributed by atoms with Crippen molar-refractivity contribution in [1.82, 2.24) is 5.32 Å². The van der Waals surface area contributed by atoms with Crippen LogP contribution in [0.2, 0.25) is 0 Å². The molecule has 1 amide bonds. The lowest BCUT2D eigenvalue weighted by Gasteiger charge is -2.26. The number of carbonyl (C=O) groups is 1. The summed E-state index contributed by atoms with van der Waals surface area (Å²) in [5.41, 5.74) is -0.860. The van der Waals surface area contributed by atoms with Crippen LogP contribution in [0.15, 0.2) is 18.2 Å². The number of nitrogens with zero attached hydrogens (tertiary/aromatic N) is 1. The zero-order valence-electron chi connectivity index (χ0n) is 11.1. The molecule has 0 aliphatic heterocycles. The molecule has 1 aliphatic carbocycles. The van der Waals surface area contributed by atoms with Crippen molar-refractivity contribution < 1.29 is 13.6 Å². The maximum atomic E-state index is 13.1. The Balaban J connectivity index is 2.16. The molecule has 0 radical (unpaired) electrons. The van der Waals surface area contributed by atoms with Crippen LogP contribution in [0.3, 0.4) is 0 Å². The van der Waals surface area contributed by atoms with Crippen LogP contribution in [0.25, 0.3) is 0 Å². The molecule has 1 N–H and O–H groups in total. The number of halogens is 2. The molecule has 1 aliphatic rings. The highest BCUT2D eigenvalue weighted by Crippen LogP contribution is 2.27. The second-order valence-corrected chi connectivity index (χ2v) is 5.19. The van der Waals surface area contributed by atoms with Gasteiger partial charge >= 0.3 is 0 Å². The van der Waals surface area contributed by atoms with Crippen LogP contribution >= 0.6 is 0 Å². The average Bonchev–Trinajstić information content (AvgIpc) is 2.68. The van der Waals surface area contributed by atoms with Gasteiger partial charge in [0.2, 0.25) is 0 Å². The normalized spacial score (nSPS) is 17.9. The van der Waals surface area contributed by atoms with Gasteiger partial charge in [-0.25, -0.2) is 8.78 Å². The monoisotopic (exact) mass is 278 g/mol. The van der Waals surface area contributed by atoms with Gasteiger partial charge in [-0.3, -0.25) is 4.79 Å². The van der Waals surface area contributed by atoms with Crippen LogP contribution in [0, 0.1) is 23.0 Å². The lowest BCUT2D eigenvalue weighted by molar-refractivity contribution is 0.0912. The standard InChI is InChI=1S/C15H16F2N2O/c16-12-6-5-11(9-13(12)17)14(20)19-15(10-18)7-3-1-2-4-8-15/h5-6,9H,1-4,7-8H2,(H,19,20). The van der Waals surface area contributed by atoms with Crippen LogP contribution in [0.4, 0.5) is 8.78 Å². The van der Waals surface area contributed by atoms with Gasteiger partial charge in [-0.15, -0.1) is 0 Å². The number of rotatable bonds is 2. The number of nitriles is 1. The van der Waals surface area contributed by atoms with E-state index in [2.05, 4.69) is 11.4 Å². The maximum absolute atomic E-state index is 13.1. The molecule has 0 bridgehead atoms. The summed E-state index contributed by atoms with van der Waals surface area (Å²) in [5, 5.41) is 12.1. The maximum Gasteiger partial charge on any atom is 0.252 e. The third kappa shape index (κ3) is 3.13. The fourth-order valence-electron chi connectivity index (χ4n) is 2.52. The average molecular weight is 278 g/mol. The van der Waals surface area contributed by atoms with E-state index in [9.17, 15) is 18.8 Å². The minimum absolute atomic E-state index is 0.0303. The van der Waals surface area contributed by atoms with Crippen molar-refractivity contribution in [2.24, 2.45) is 0 Å². The lowest BCUT2D eigenvalue weighted by Crippen LogP contribution is -2.47. The van der Waals surface area contributed by atoms with Gasteiger partial charge in [-0.1, -0.05) is 25.7 Å². The van der Waals surface area contributed by atoms with Gasteiger partial charge < -0.3 is 5.32 Å². The molecule has 5 heteroatoms. The second kappa shape index (κ2) is 6.00. The number of amides is 1. The van der Waals surface area contributed by atoms with Crippen molar-refractivity contribution in [3.05, 3.63) is 35.4 Å². The van der Waals surface area contributed by atoms with Gasteiger partial charge in [0.1, 0.15) is 5.54 Å². The van der Waals surface area contributed by atoms with E-state index >= 15 is 0 Å². The molecule has 0 spiro atoms. The van der Waals surface area contributed by atoms with Crippen molar-refractivity contribution >= 4 is 5.91 Å². The van der Waals surface area contributed by atoms with Crippen molar-refractivity contribution in [3.63, 3.8) is 0 Å². The van der Waals surface area contributed by atoms with Crippen LogP contribution in [-0.2, 0) is 0 Å². The molecule has 0 unspecified atom stereocenters. The van der Waals surface area contributed by atoms with Crippen LogP contribution in [0.1, 0.15) is 48.9 Å². The number of hydrogen-bond donors (Lipinski definition) is 1. The van der Waals surface area contributed by atoms with E-state index in [1.165, 1.54) is 6.07 Å².